The van der Waals surface area contributed by atoms with Gasteiger partial charge in [-0.1, -0.05) is 12.1 Å². The largest absolute Gasteiger partial charge is 0.464 e. The molecule has 2 N–H and O–H groups in total. The Kier molecular flexibility index (Phi) is 6.58. The number of thioether (sulfide) groups is 1. The predicted octanol–water partition coefficient (Wildman–Crippen LogP) is 3.68. The second-order valence-corrected chi connectivity index (χ2v) is 8.97. The zero-order valence-electron chi connectivity index (χ0n) is 18.1. The maximum absolute atomic E-state index is 12.7. The van der Waals surface area contributed by atoms with Crippen LogP contribution in [0.15, 0.2) is 45.6 Å². The van der Waals surface area contributed by atoms with Crippen molar-refractivity contribution in [1.82, 2.24) is 24.8 Å². The molecule has 0 bridgehead atoms. The standard InChI is InChI=1S/C23H27N5O2S/c1-15-18(12-22-25-19-6-4-5-7-20(19)26-22)23(29)27-21(24-15)10-11-31-14-17-9-8-16(30-17)13-28(2)3/h4-9H,10-14H2,1-3H3,(H,25,26)(H,24,27,29). The molecule has 4 rings (SSSR count). The van der Waals surface area contributed by atoms with Gasteiger partial charge < -0.3 is 19.3 Å². The number of H-pyrrole nitrogens is 2. The Morgan fingerprint density at radius 2 is 1.84 bits per heavy atom. The zero-order valence-corrected chi connectivity index (χ0v) is 18.9. The summed E-state index contributed by atoms with van der Waals surface area (Å²) in [5.74, 6) is 5.10. The lowest BCUT2D eigenvalue weighted by Crippen LogP contribution is -2.20. The van der Waals surface area contributed by atoms with Gasteiger partial charge in [0.25, 0.3) is 5.56 Å². The van der Waals surface area contributed by atoms with Crippen molar-refractivity contribution in [3.8, 4) is 0 Å². The fraction of sp³-hybridized carbons (Fsp3) is 0.348. The molecule has 0 saturated heterocycles. The molecule has 0 fully saturated rings. The number of rotatable bonds is 9. The second-order valence-electron chi connectivity index (χ2n) is 7.86. The lowest BCUT2D eigenvalue weighted by molar-refractivity contribution is 0.344. The first-order chi connectivity index (χ1) is 15.0. The third-order valence-electron chi connectivity index (χ3n) is 4.97. The summed E-state index contributed by atoms with van der Waals surface area (Å²) in [4.78, 5) is 30.2. The highest BCUT2D eigenvalue weighted by molar-refractivity contribution is 7.98. The number of imidazole rings is 1. The number of aromatic nitrogens is 4. The molecule has 0 spiro atoms. The van der Waals surface area contributed by atoms with Crippen LogP contribution in [0.1, 0.15) is 34.4 Å². The fourth-order valence-corrected chi connectivity index (χ4v) is 4.33. The second kappa shape index (κ2) is 9.53. The average molecular weight is 438 g/mol. The normalized spacial score (nSPS) is 11.6. The molecular formula is C23H27N5O2S. The molecule has 0 saturated carbocycles. The third kappa shape index (κ3) is 5.45. The lowest BCUT2D eigenvalue weighted by atomic mass is 10.1. The summed E-state index contributed by atoms with van der Waals surface area (Å²) in [7, 11) is 4.04. The van der Waals surface area contributed by atoms with E-state index in [4.69, 9.17) is 4.42 Å². The molecule has 162 valence electrons. The first kappa shape index (κ1) is 21.4. The van der Waals surface area contributed by atoms with E-state index < -0.39 is 0 Å². The molecule has 4 aromatic rings. The summed E-state index contributed by atoms with van der Waals surface area (Å²) in [5.41, 5.74) is 3.19. The fourth-order valence-electron chi connectivity index (χ4n) is 3.49. The van der Waals surface area contributed by atoms with E-state index in [1.807, 2.05) is 57.4 Å². The number of aryl methyl sites for hydroxylation is 2. The zero-order chi connectivity index (χ0) is 21.8. The van der Waals surface area contributed by atoms with E-state index in [1.54, 1.807) is 11.8 Å². The van der Waals surface area contributed by atoms with Crippen LogP contribution in [0.25, 0.3) is 11.0 Å². The van der Waals surface area contributed by atoms with Crippen molar-refractivity contribution in [3.05, 3.63) is 81.2 Å². The van der Waals surface area contributed by atoms with Gasteiger partial charge in [-0.05, 0) is 45.3 Å². The van der Waals surface area contributed by atoms with Gasteiger partial charge in [0.1, 0.15) is 23.2 Å². The molecule has 0 aliphatic heterocycles. The van der Waals surface area contributed by atoms with Gasteiger partial charge in [-0.15, -0.1) is 0 Å². The highest BCUT2D eigenvalue weighted by atomic mass is 32.2. The molecule has 0 unspecified atom stereocenters. The molecule has 0 aliphatic carbocycles. The topological polar surface area (TPSA) is 90.8 Å². The molecule has 8 heteroatoms. The van der Waals surface area contributed by atoms with Gasteiger partial charge in [-0.25, -0.2) is 9.97 Å². The minimum Gasteiger partial charge on any atom is -0.464 e. The molecule has 3 aromatic heterocycles. The van der Waals surface area contributed by atoms with Crippen LogP contribution in [0.5, 0.6) is 0 Å². The van der Waals surface area contributed by atoms with Gasteiger partial charge in [-0.3, -0.25) is 4.79 Å². The Morgan fingerprint density at radius 3 is 2.61 bits per heavy atom. The number of para-hydroxylation sites is 2. The summed E-state index contributed by atoms with van der Waals surface area (Å²) in [6.45, 7) is 2.69. The van der Waals surface area contributed by atoms with Gasteiger partial charge in [0.05, 0.1) is 23.3 Å². The lowest BCUT2D eigenvalue weighted by Gasteiger charge is -2.07. The molecule has 0 radical (unpaired) electrons. The molecule has 0 amide bonds. The van der Waals surface area contributed by atoms with Crippen LogP contribution in [0.2, 0.25) is 0 Å². The van der Waals surface area contributed by atoms with E-state index in [0.717, 1.165) is 57.9 Å². The van der Waals surface area contributed by atoms with Crippen molar-refractivity contribution >= 4 is 22.8 Å². The highest BCUT2D eigenvalue weighted by Gasteiger charge is 2.12. The van der Waals surface area contributed by atoms with E-state index in [9.17, 15) is 4.79 Å². The van der Waals surface area contributed by atoms with E-state index in [1.165, 1.54) is 0 Å². The Hall–Kier alpha value is -2.84. The molecule has 1 aromatic carbocycles. The van der Waals surface area contributed by atoms with Crippen LogP contribution in [0, 0.1) is 6.92 Å². The third-order valence-corrected chi connectivity index (χ3v) is 5.95. The van der Waals surface area contributed by atoms with Gasteiger partial charge in [0, 0.05) is 29.9 Å². The Morgan fingerprint density at radius 1 is 1.03 bits per heavy atom. The van der Waals surface area contributed by atoms with Crippen LogP contribution in [0.3, 0.4) is 0 Å². The van der Waals surface area contributed by atoms with Crippen LogP contribution in [0.4, 0.5) is 0 Å². The Labute approximate surface area is 185 Å². The quantitative estimate of drug-likeness (QED) is 0.388. The summed E-state index contributed by atoms with van der Waals surface area (Å²) >= 11 is 1.77. The van der Waals surface area contributed by atoms with Crippen molar-refractivity contribution in [3.63, 3.8) is 0 Å². The molecule has 0 aliphatic rings. The SMILES string of the molecule is Cc1nc(CCSCc2ccc(CN(C)C)o2)[nH]c(=O)c1Cc1nc2ccccc2[nH]1. The summed E-state index contributed by atoms with van der Waals surface area (Å²) < 4.78 is 5.83. The van der Waals surface area contributed by atoms with Crippen molar-refractivity contribution in [2.24, 2.45) is 0 Å². The Balaban J connectivity index is 1.33. The van der Waals surface area contributed by atoms with Crippen molar-refractivity contribution < 1.29 is 4.42 Å². The maximum atomic E-state index is 12.7. The van der Waals surface area contributed by atoms with E-state index in [0.29, 0.717) is 18.4 Å². The monoisotopic (exact) mass is 437 g/mol. The van der Waals surface area contributed by atoms with E-state index >= 15 is 0 Å². The van der Waals surface area contributed by atoms with Crippen molar-refractivity contribution in [1.29, 1.82) is 0 Å². The van der Waals surface area contributed by atoms with Gasteiger partial charge in [-0.2, -0.15) is 11.8 Å². The molecule has 3 heterocycles. The number of fused-ring (bicyclic) bond motifs is 1. The molecule has 7 nitrogen and oxygen atoms in total. The number of nitrogens with zero attached hydrogens (tertiary/aromatic N) is 3. The number of hydrogen-bond acceptors (Lipinski definition) is 6. The number of nitrogens with one attached hydrogen (secondary N) is 2. The first-order valence-corrected chi connectivity index (χ1v) is 11.5. The smallest absolute Gasteiger partial charge is 0.254 e. The van der Waals surface area contributed by atoms with Crippen molar-refractivity contribution in [2.75, 3.05) is 19.8 Å². The van der Waals surface area contributed by atoms with Gasteiger partial charge in [0.15, 0.2) is 0 Å². The van der Waals surface area contributed by atoms with Gasteiger partial charge >= 0.3 is 0 Å². The molecular weight excluding hydrogens is 410 g/mol. The van der Waals surface area contributed by atoms with Crippen LogP contribution >= 0.6 is 11.8 Å². The minimum absolute atomic E-state index is 0.0904. The van der Waals surface area contributed by atoms with E-state index in [-0.39, 0.29) is 5.56 Å². The predicted molar refractivity (Wildman–Crippen MR) is 124 cm³/mol. The maximum Gasteiger partial charge on any atom is 0.254 e. The van der Waals surface area contributed by atoms with Crippen molar-refractivity contribution in [2.45, 2.75) is 32.1 Å². The first-order valence-electron chi connectivity index (χ1n) is 10.3. The summed E-state index contributed by atoms with van der Waals surface area (Å²) in [6.07, 6.45) is 1.14. The summed E-state index contributed by atoms with van der Waals surface area (Å²) in [5, 5.41) is 0. The van der Waals surface area contributed by atoms with Crippen LogP contribution < -0.4 is 5.56 Å². The Bertz CT molecular complexity index is 1190. The van der Waals surface area contributed by atoms with E-state index in [2.05, 4.69) is 24.8 Å². The highest BCUT2D eigenvalue weighted by Crippen LogP contribution is 2.17. The van der Waals surface area contributed by atoms with Gasteiger partial charge in [0.2, 0.25) is 0 Å². The minimum atomic E-state index is -0.0904. The number of benzene rings is 1. The number of furan rings is 1. The molecule has 31 heavy (non-hydrogen) atoms. The average Bonchev–Trinajstić information content (AvgIpc) is 3.33. The number of hydrogen-bond donors (Lipinski definition) is 2. The summed E-state index contributed by atoms with van der Waals surface area (Å²) in [6, 6.07) is 11.9. The number of aromatic amines is 2. The molecule has 0 atom stereocenters. The van der Waals surface area contributed by atoms with Crippen LogP contribution in [-0.4, -0.2) is 44.7 Å². The van der Waals surface area contributed by atoms with Crippen LogP contribution in [-0.2, 0) is 25.1 Å².